The molecular formula is C15H16N2O. The minimum absolute atomic E-state index is 0.0655. The number of hydrogen-bond acceptors (Lipinski definition) is 1. The van der Waals surface area contributed by atoms with Crippen molar-refractivity contribution in [1.82, 2.24) is 9.13 Å². The number of pyridine rings is 1. The number of nitrogens with zero attached hydrogens (tertiary/aromatic N) is 2. The van der Waals surface area contributed by atoms with E-state index < -0.39 is 0 Å². The molecule has 18 heavy (non-hydrogen) atoms. The molecule has 0 amide bonds. The predicted molar refractivity (Wildman–Crippen MR) is 75.0 cm³/mol. The largest absolute Gasteiger partial charge is 0.342 e. The lowest BCUT2D eigenvalue weighted by molar-refractivity contribution is 0.785. The summed E-state index contributed by atoms with van der Waals surface area (Å²) < 4.78 is 3.93. The summed E-state index contributed by atoms with van der Waals surface area (Å²) in [6.07, 6.45) is 0.854. The molecule has 0 spiro atoms. The Morgan fingerprint density at radius 1 is 1.06 bits per heavy atom. The van der Waals surface area contributed by atoms with Gasteiger partial charge in [-0.3, -0.25) is 4.79 Å². The van der Waals surface area contributed by atoms with Crippen molar-refractivity contribution in [3.05, 3.63) is 46.4 Å². The molecule has 0 fully saturated rings. The number of aromatic nitrogens is 2. The third kappa shape index (κ3) is 1.27. The minimum Gasteiger partial charge on any atom is -0.342 e. The summed E-state index contributed by atoms with van der Waals surface area (Å²) in [6.45, 7) is 2.09. The quantitative estimate of drug-likeness (QED) is 0.642. The number of fused-ring (bicyclic) bond motifs is 3. The minimum atomic E-state index is 0.0655. The average molecular weight is 240 g/mol. The third-order valence-corrected chi connectivity index (χ3v) is 3.76. The number of hydrogen-bond donors (Lipinski definition) is 0. The van der Waals surface area contributed by atoms with Crippen LogP contribution >= 0.6 is 0 Å². The molecule has 0 aliphatic rings. The van der Waals surface area contributed by atoms with Gasteiger partial charge < -0.3 is 9.13 Å². The average Bonchev–Trinajstić information content (AvgIpc) is 2.66. The fourth-order valence-electron chi connectivity index (χ4n) is 2.83. The van der Waals surface area contributed by atoms with Crippen LogP contribution in [0, 0.1) is 0 Å². The summed E-state index contributed by atoms with van der Waals surface area (Å²) in [5.41, 5.74) is 3.50. The zero-order chi connectivity index (χ0) is 12.9. The fraction of sp³-hybridized carbons (Fsp3) is 0.267. The number of rotatable bonds is 1. The Balaban J connectivity index is 2.68. The first-order chi connectivity index (χ1) is 8.65. The van der Waals surface area contributed by atoms with Gasteiger partial charge in [-0.25, -0.2) is 0 Å². The molecule has 1 aromatic carbocycles. The van der Waals surface area contributed by atoms with E-state index >= 15 is 0 Å². The van der Waals surface area contributed by atoms with Crippen LogP contribution in [0.4, 0.5) is 0 Å². The molecule has 0 aliphatic heterocycles. The highest BCUT2D eigenvalue weighted by atomic mass is 16.1. The smallest absolute Gasteiger partial charge is 0.251 e. The fourth-order valence-corrected chi connectivity index (χ4v) is 2.83. The van der Waals surface area contributed by atoms with Gasteiger partial charge in [-0.15, -0.1) is 0 Å². The van der Waals surface area contributed by atoms with Crippen molar-refractivity contribution in [1.29, 1.82) is 0 Å². The molecule has 0 saturated heterocycles. The summed E-state index contributed by atoms with van der Waals surface area (Å²) in [7, 11) is 3.91. The van der Waals surface area contributed by atoms with Gasteiger partial charge in [0.1, 0.15) is 0 Å². The standard InChI is InChI=1S/C15H16N2O/c1-4-12-15-11(9-14(18)16(12)2)10-7-5-6-8-13(10)17(15)3/h5-9H,4H2,1-3H3. The molecular weight excluding hydrogens is 224 g/mol. The van der Waals surface area contributed by atoms with Crippen LogP contribution in [-0.4, -0.2) is 9.13 Å². The van der Waals surface area contributed by atoms with Gasteiger partial charge in [0.25, 0.3) is 5.56 Å². The summed E-state index contributed by atoms with van der Waals surface area (Å²) in [5, 5.41) is 2.22. The molecule has 0 atom stereocenters. The van der Waals surface area contributed by atoms with Gasteiger partial charge in [0.15, 0.2) is 0 Å². The van der Waals surface area contributed by atoms with Gasteiger partial charge in [-0.2, -0.15) is 0 Å². The first kappa shape index (κ1) is 11.1. The Hall–Kier alpha value is -2.03. The van der Waals surface area contributed by atoms with Crippen LogP contribution in [0.25, 0.3) is 21.8 Å². The second-order valence-electron chi connectivity index (χ2n) is 4.68. The van der Waals surface area contributed by atoms with Crippen molar-refractivity contribution >= 4 is 21.8 Å². The van der Waals surface area contributed by atoms with Crippen molar-refractivity contribution in [3.8, 4) is 0 Å². The normalized spacial score (nSPS) is 11.5. The monoisotopic (exact) mass is 240 g/mol. The lowest BCUT2D eigenvalue weighted by Gasteiger charge is -2.09. The van der Waals surface area contributed by atoms with E-state index in [1.165, 1.54) is 11.0 Å². The van der Waals surface area contributed by atoms with Gasteiger partial charge in [0.05, 0.1) is 5.52 Å². The predicted octanol–water partition coefficient (Wildman–Crippen LogP) is 2.59. The van der Waals surface area contributed by atoms with Crippen molar-refractivity contribution in [2.75, 3.05) is 0 Å². The lowest BCUT2D eigenvalue weighted by atomic mass is 10.1. The second-order valence-corrected chi connectivity index (χ2v) is 4.68. The molecule has 0 unspecified atom stereocenters. The van der Waals surface area contributed by atoms with E-state index in [0.717, 1.165) is 22.9 Å². The highest BCUT2D eigenvalue weighted by Crippen LogP contribution is 2.28. The molecule has 2 heterocycles. The molecule has 3 rings (SSSR count). The first-order valence-electron chi connectivity index (χ1n) is 6.21. The van der Waals surface area contributed by atoms with Gasteiger partial charge in [0, 0.05) is 42.1 Å². The molecule has 2 aromatic heterocycles. The summed E-state index contributed by atoms with van der Waals surface area (Å²) in [4.78, 5) is 12.0. The zero-order valence-electron chi connectivity index (χ0n) is 10.9. The number of benzene rings is 1. The topological polar surface area (TPSA) is 26.9 Å². The molecule has 0 radical (unpaired) electrons. The maximum atomic E-state index is 12.0. The molecule has 0 bridgehead atoms. The Bertz CT molecular complexity index is 809. The number of aryl methyl sites for hydroxylation is 2. The maximum Gasteiger partial charge on any atom is 0.251 e. The van der Waals surface area contributed by atoms with E-state index in [4.69, 9.17) is 0 Å². The Morgan fingerprint density at radius 3 is 2.50 bits per heavy atom. The van der Waals surface area contributed by atoms with Gasteiger partial charge in [-0.1, -0.05) is 25.1 Å². The molecule has 0 saturated carbocycles. The van der Waals surface area contributed by atoms with E-state index in [1.54, 1.807) is 10.6 Å². The van der Waals surface area contributed by atoms with E-state index in [0.29, 0.717) is 0 Å². The molecule has 92 valence electrons. The van der Waals surface area contributed by atoms with Crippen LogP contribution in [0.5, 0.6) is 0 Å². The SMILES string of the molecule is CCc1c2c(cc(=O)n1C)c1ccccc1n2C. The highest BCUT2D eigenvalue weighted by molar-refractivity contribution is 6.08. The van der Waals surface area contributed by atoms with Crippen LogP contribution in [0.2, 0.25) is 0 Å². The highest BCUT2D eigenvalue weighted by Gasteiger charge is 2.13. The van der Waals surface area contributed by atoms with E-state index in [9.17, 15) is 4.79 Å². The summed E-state index contributed by atoms with van der Waals surface area (Å²) >= 11 is 0. The van der Waals surface area contributed by atoms with Crippen LogP contribution < -0.4 is 5.56 Å². The van der Waals surface area contributed by atoms with Crippen molar-refractivity contribution in [2.24, 2.45) is 14.1 Å². The Labute approximate surface area is 105 Å². The van der Waals surface area contributed by atoms with Crippen molar-refractivity contribution in [3.63, 3.8) is 0 Å². The van der Waals surface area contributed by atoms with Crippen molar-refractivity contribution < 1.29 is 0 Å². The Morgan fingerprint density at radius 2 is 1.78 bits per heavy atom. The summed E-state index contributed by atoms with van der Waals surface area (Å²) in [6, 6.07) is 9.97. The maximum absolute atomic E-state index is 12.0. The van der Waals surface area contributed by atoms with E-state index in [1.807, 2.05) is 19.2 Å². The Kier molecular flexibility index (Phi) is 2.30. The first-order valence-corrected chi connectivity index (χ1v) is 6.21. The van der Waals surface area contributed by atoms with Crippen LogP contribution in [0.1, 0.15) is 12.6 Å². The van der Waals surface area contributed by atoms with E-state index in [-0.39, 0.29) is 5.56 Å². The molecule has 3 heteroatoms. The molecule has 0 aliphatic carbocycles. The molecule has 3 aromatic rings. The second kappa shape index (κ2) is 3.73. The third-order valence-electron chi connectivity index (χ3n) is 3.76. The van der Waals surface area contributed by atoms with Gasteiger partial charge in [0.2, 0.25) is 0 Å². The van der Waals surface area contributed by atoms with Gasteiger partial charge >= 0.3 is 0 Å². The summed E-state index contributed by atoms with van der Waals surface area (Å²) in [5.74, 6) is 0. The van der Waals surface area contributed by atoms with Gasteiger partial charge in [-0.05, 0) is 12.5 Å². The van der Waals surface area contributed by atoms with E-state index in [2.05, 4.69) is 30.7 Å². The molecule has 3 nitrogen and oxygen atoms in total. The lowest BCUT2D eigenvalue weighted by Crippen LogP contribution is -2.19. The van der Waals surface area contributed by atoms with Crippen LogP contribution in [0.15, 0.2) is 35.1 Å². The molecule has 0 N–H and O–H groups in total. The van der Waals surface area contributed by atoms with Crippen LogP contribution in [-0.2, 0) is 20.5 Å². The van der Waals surface area contributed by atoms with Crippen molar-refractivity contribution in [2.45, 2.75) is 13.3 Å². The zero-order valence-corrected chi connectivity index (χ0v) is 10.9. The number of para-hydroxylation sites is 1. The van der Waals surface area contributed by atoms with Crippen LogP contribution in [0.3, 0.4) is 0 Å².